The fraction of sp³-hybridized carbons (Fsp3) is 0.464. The molecule has 14 nitrogen and oxygen atoms in total. The standard InChI is InChI=1S/C28H33FN6O8/c1-6-19(43-27(39)40-14-17-7-8-17)42-21-20(22(36)30-13-16-9-11-18(29)12-10-16)31-26(35(5)25(21)38)28(3,4)32-23(37)24-34-33-15(2)41-24/h9-12,17,19H,6-8,13-14H2,1-5H3,(H,30,36)(H,32,37). The van der Waals surface area contributed by atoms with E-state index in [0.717, 1.165) is 17.4 Å². The van der Waals surface area contributed by atoms with Crippen molar-refractivity contribution in [3.8, 4) is 5.75 Å². The van der Waals surface area contributed by atoms with Crippen LogP contribution in [-0.4, -0.2) is 50.6 Å². The van der Waals surface area contributed by atoms with Gasteiger partial charge in [-0.05, 0) is 50.3 Å². The van der Waals surface area contributed by atoms with Crippen LogP contribution in [0.5, 0.6) is 5.75 Å². The van der Waals surface area contributed by atoms with Crippen molar-refractivity contribution in [1.29, 1.82) is 0 Å². The molecular formula is C28H33FN6O8. The van der Waals surface area contributed by atoms with Crippen LogP contribution in [0.25, 0.3) is 0 Å². The van der Waals surface area contributed by atoms with Crippen LogP contribution in [-0.2, 0) is 28.6 Å². The predicted octanol–water partition coefficient (Wildman–Crippen LogP) is 2.88. The third-order valence-electron chi connectivity index (χ3n) is 6.48. The average molecular weight is 601 g/mol. The molecule has 4 rings (SSSR count). The Morgan fingerprint density at radius 1 is 1.16 bits per heavy atom. The van der Waals surface area contributed by atoms with E-state index in [9.17, 15) is 23.6 Å². The number of hydrogen-bond donors (Lipinski definition) is 2. The van der Waals surface area contributed by atoms with Crippen molar-refractivity contribution < 1.29 is 37.4 Å². The van der Waals surface area contributed by atoms with Gasteiger partial charge in [0.1, 0.15) is 11.6 Å². The lowest BCUT2D eigenvalue weighted by molar-refractivity contribution is -0.0675. The summed E-state index contributed by atoms with van der Waals surface area (Å²) in [5.74, 6) is -2.29. The Kier molecular flexibility index (Phi) is 9.41. The van der Waals surface area contributed by atoms with E-state index in [1.807, 2.05) is 0 Å². The molecule has 0 bridgehead atoms. The number of aryl methyl sites for hydroxylation is 1. The summed E-state index contributed by atoms with van der Waals surface area (Å²) in [5.41, 5.74) is -1.98. The first-order valence-electron chi connectivity index (χ1n) is 13.6. The molecule has 0 spiro atoms. The summed E-state index contributed by atoms with van der Waals surface area (Å²) in [6.07, 6.45) is -0.189. The van der Waals surface area contributed by atoms with Gasteiger partial charge >= 0.3 is 18.0 Å². The van der Waals surface area contributed by atoms with E-state index in [0.29, 0.717) is 11.5 Å². The molecule has 2 aromatic heterocycles. The number of ether oxygens (including phenoxy) is 3. The van der Waals surface area contributed by atoms with Gasteiger partial charge in [0.15, 0.2) is 5.69 Å². The van der Waals surface area contributed by atoms with Gasteiger partial charge in [-0.1, -0.05) is 19.1 Å². The highest BCUT2D eigenvalue weighted by atomic mass is 19.1. The first kappa shape index (κ1) is 31.1. The van der Waals surface area contributed by atoms with E-state index >= 15 is 0 Å². The number of rotatable bonds is 12. The van der Waals surface area contributed by atoms with Crippen molar-refractivity contribution >= 4 is 18.0 Å². The lowest BCUT2D eigenvalue weighted by atomic mass is 10.0. The highest BCUT2D eigenvalue weighted by molar-refractivity contribution is 5.95. The number of nitrogens with zero attached hydrogens (tertiary/aromatic N) is 4. The molecule has 15 heteroatoms. The van der Waals surface area contributed by atoms with Crippen molar-refractivity contribution in [3.05, 3.63) is 69.3 Å². The maximum atomic E-state index is 13.6. The van der Waals surface area contributed by atoms with E-state index in [1.165, 1.54) is 38.2 Å². The van der Waals surface area contributed by atoms with Crippen LogP contribution in [0.1, 0.15) is 78.5 Å². The molecule has 230 valence electrons. The number of amides is 2. The molecular weight excluding hydrogens is 567 g/mol. The van der Waals surface area contributed by atoms with Gasteiger partial charge in [-0.15, -0.1) is 10.2 Å². The third-order valence-corrected chi connectivity index (χ3v) is 6.48. The molecule has 0 aliphatic heterocycles. The van der Waals surface area contributed by atoms with Crippen LogP contribution >= 0.6 is 0 Å². The topological polar surface area (TPSA) is 177 Å². The van der Waals surface area contributed by atoms with Crippen LogP contribution in [0.3, 0.4) is 0 Å². The van der Waals surface area contributed by atoms with Crippen molar-refractivity contribution in [1.82, 2.24) is 30.4 Å². The smallest absolute Gasteiger partial charge is 0.446 e. The number of halogens is 1. The summed E-state index contributed by atoms with van der Waals surface area (Å²) < 4.78 is 35.7. The second-order valence-electron chi connectivity index (χ2n) is 10.6. The zero-order chi connectivity index (χ0) is 31.3. The molecule has 1 aliphatic rings. The van der Waals surface area contributed by atoms with E-state index in [2.05, 4.69) is 25.8 Å². The summed E-state index contributed by atoms with van der Waals surface area (Å²) >= 11 is 0. The highest BCUT2D eigenvalue weighted by Crippen LogP contribution is 2.29. The van der Waals surface area contributed by atoms with Gasteiger partial charge in [-0.3, -0.25) is 19.0 Å². The minimum atomic E-state index is -1.34. The summed E-state index contributed by atoms with van der Waals surface area (Å²) in [7, 11) is 1.38. The molecule has 2 amide bonds. The summed E-state index contributed by atoms with van der Waals surface area (Å²) in [6.45, 7) is 6.49. The molecule has 0 saturated heterocycles. The Morgan fingerprint density at radius 3 is 2.47 bits per heavy atom. The molecule has 0 radical (unpaired) electrons. The molecule has 1 unspecified atom stereocenters. The van der Waals surface area contributed by atoms with Crippen LogP contribution in [0.2, 0.25) is 0 Å². The van der Waals surface area contributed by atoms with Gasteiger partial charge in [-0.25, -0.2) is 14.2 Å². The Balaban J connectivity index is 1.65. The minimum absolute atomic E-state index is 0.0146. The van der Waals surface area contributed by atoms with Crippen molar-refractivity contribution in [2.24, 2.45) is 13.0 Å². The zero-order valence-electron chi connectivity index (χ0n) is 24.4. The Hall–Kier alpha value is -4.82. The van der Waals surface area contributed by atoms with Crippen molar-refractivity contribution in [2.45, 2.75) is 65.3 Å². The maximum Gasteiger partial charge on any atom is 0.511 e. The normalized spacial score (nSPS) is 13.6. The quantitative estimate of drug-likeness (QED) is 0.231. The molecule has 1 aromatic carbocycles. The van der Waals surface area contributed by atoms with Gasteiger partial charge in [-0.2, -0.15) is 0 Å². The van der Waals surface area contributed by atoms with Gasteiger partial charge < -0.3 is 29.3 Å². The lowest BCUT2D eigenvalue weighted by Gasteiger charge is -2.28. The number of benzene rings is 1. The fourth-order valence-corrected chi connectivity index (χ4v) is 3.98. The number of aromatic nitrogens is 4. The number of hydrogen-bond acceptors (Lipinski definition) is 11. The molecule has 3 aromatic rings. The Bertz CT molecular complexity index is 1550. The largest absolute Gasteiger partial charge is 0.511 e. The van der Waals surface area contributed by atoms with E-state index in [-0.39, 0.29) is 37.2 Å². The SMILES string of the molecule is CCC(OC(=O)OCC1CC1)Oc1c(C(=O)NCc2ccc(F)cc2)nc(C(C)(C)NC(=O)c2nnc(C)o2)n(C)c1=O. The average Bonchev–Trinajstić information content (AvgIpc) is 3.70. The maximum absolute atomic E-state index is 13.6. The number of carbonyl (C=O) groups is 3. The summed E-state index contributed by atoms with van der Waals surface area (Å²) in [6, 6.07) is 5.46. The third kappa shape index (κ3) is 7.93. The monoisotopic (exact) mass is 600 g/mol. The van der Waals surface area contributed by atoms with Gasteiger partial charge in [0.2, 0.25) is 17.9 Å². The van der Waals surface area contributed by atoms with Crippen LogP contribution in [0, 0.1) is 18.7 Å². The molecule has 2 N–H and O–H groups in total. The van der Waals surface area contributed by atoms with Crippen LogP contribution < -0.4 is 20.9 Å². The van der Waals surface area contributed by atoms with E-state index in [4.69, 9.17) is 18.6 Å². The second-order valence-corrected chi connectivity index (χ2v) is 10.6. The van der Waals surface area contributed by atoms with Crippen molar-refractivity contribution in [2.75, 3.05) is 6.61 Å². The fourth-order valence-electron chi connectivity index (χ4n) is 3.98. The molecule has 1 fully saturated rings. The molecule has 43 heavy (non-hydrogen) atoms. The summed E-state index contributed by atoms with van der Waals surface area (Å²) in [4.78, 5) is 56.5. The van der Waals surface area contributed by atoms with E-state index in [1.54, 1.807) is 20.8 Å². The zero-order valence-corrected chi connectivity index (χ0v) is 24.4. The molecule has 2 heterocycles. The summed E-state index contributed by atoms with van der Waals surface area (Å²) in [5, 5.41) is 12.6. The van der Waals surface area contributed by atoms with Crippen LogP contribution in [0.4, 0.5) is 9.18 Å². The predicted molar refractivity (Wildman–Crippen MR) is 146 cm³/mol. The Morgan fingerprint density at radius 2 is 1.86 bits per heavy atom. The second kappa shape index (κ2) is 13.0. The van der Waals surface area contributed by atoms with Gasteiger partial charge in [0.25, 0.3) is 11.5 Å². The Labute approximate surface area is 245 Å². The minimum Gasteiger partial charge on any atom is -0.446 e. The first-order chi connectivity index (χ1) is 20.4. The van der Waals surface area contributed by atoms with Crippen LogP contribution in [0.15, 0.2) is 33.5 Å². The lowest BCUT2D eigenvalue weighted by Crippen LogP contribution is -2.46. The molecule has 1 saturated carbocycles. The van der Waals surface area contributed by atoms with E-state index < -0.39 is 52.6 Å². The molecule has 1 atom stereocenters. The highest BCUT2D eigenvalue weighted by Gasteiger charge is 2.34. The van der Waals surface area contributed by atoms with Gasteiger partial charge in [0, 0.05) is 26.9 Å². The van der Waals surface area contributed by atoms with Gasteiger partial charge in [0.05, 0.1) is 12.1 Å². The number of nitrogens with one attached hydrogen (secondary N) is 2. The van der Waals surface area contributed by atoms with Crippen molar-refractivity contribution in [3.63, 3.8) is 0 Å². The number of carbonyl (C=O) groups excluding carboxylic acids is 3. The first-order valence-corrected chi connectivity index (χ1v) is 13.6. The molecule has 1 aliphatic carbocycles.